The maximum atomic E-state index is 11.1. The average molecular weight is 605 g/mol. The van der Waals surface area contributed by atoms with E-state index in [4.69, 9.17) is 4.42 Å². The van der Waals surface area contributed by atoms with Crippen molar-refractivity contribution in [3.63, 3.8) is 0 Å². The molecule has 0 saturated heterocycles. The van der Waals surface area contributed by atoms with Crippen LogP contribution in [0.2, 0.25) is 0 Å². The van der Waals surface area contributed by atoms with E-state index in [1.165, 1.54) is 0 Å². The molecule has 0 radical (unpaired) electrons. The third-order valence-corrected chi connectivity index (χ3v) is 8.85. The lowest BCUT2D eigenvalue weighted by Gasteiger charge is -2.20. The number of phenols is 5. The maximum Gasteiger partial charge on any atom is 0.208 e. The highest BCUT2D eigenvalue weighted by atomic mass is 16.4. The van der Waals surface area contributed by atoms with E-state index in [-0.39, 0.29) is 5.56 Å². The number of aromatic hydroxyl groups is 5. The fraction of sp³-hybridized carbons (Fsp3) is 0.0500. The van der Waals surface area contributed by atoms with E-state index in [1.807, 2.05) is 72.8 Å². The molecule has 6 nitrogen and oxygen atoms in total. The van der Waals surface area contributed by atoms with Gasteiger partial charge in [0.05, 0.1) is 5.56 Å². The summed E-state index contributed by atoms with van der Waals surface area (Å²) in [6, 6.07) is 31.7. The Kier molecular flexibility index (Phi) is 6.25. The molecule has 46 heavy (non-hydrogen) atoms. The van der Waals surface area contributed by atoms with Crippen LogP contribution in [-0.4, -0.2) is 25.5 Å². The maximum absolute atomic E-state index is 11.1. The van der Waals surface area contributed by atoms with Crippen molar-refractivity contribution in [3.8, 4) is 62.1 Å². The van der Waals surface area contributed by atoms with Crippen LogP contribution in [-0.2, 0) is 0 Å². The Bertz CT molecular complexity index is 2330. The van der Waals surface area contributed by atoms with Crippen LogP contribution in [0.3, 0.4) is 0 Å². The van der Waals surface area contributed by atoms with Gasteiger partial charge in [0, 0.05) is 27.6 Å². The molecular weight excluding hydrogens is 576 g/mol. The van der Waals surface area contributed by atoms with E-state index in [0.717, 1.165) is 68.2 Å². The van der Waals surface area contributed by atoms with Crippen LogP contribution < -0.4 is 0 Å². The largest absolute Gasteiger partial charge is 0.504 e. The minimum atomic E-state index is -0.999. The summed E-state index contributed by atoms with van der Waals surface area (Å²) < 4.78 is 6.69. The van der Waals surface area contributed by atoms with Crippen molar-refractivity contribution in [1.82, 2.24) is 0 Å². The minimum Gasteiger partial charge on any atom is -0.504 e. The van der Waals surface area contributed by atoms with Crippen molar-refractivity contribution in [2.24, 2.45) is 0 Å². The summed E-state index contributed by atoms with van der Waals surface area (Å²) >= 11 is 0. The van der Waals surface area contributed by atoms with Crippen molar-refractivity contribution in [2.45, 2.75) is 12.8 Å². The van der Waals surface area contributed by atoms with E-state index in [2.05, 4.69) is 42.5 Å². The Labute approximate surface area is 263 Å². The lowest BCUT2D eigenvalue weighted by molar-refractivity contribution is 0.330. The quantitative estimate of drug-likeness (QED) is 0.0776. The molecule has 0 atom stereocenters. The van der Waals surface area contributed by atoms with Crippen LogP contribution in [0, 0.1) is 0 Å². The first-order chi connectivity index (χ1) is 22.4. The molecule has 0 aliphatic heterocycles. The molecule has 1 aliphatic carbocycles. The molecular formula is C40H28O6. The van der Waals surface area contributed by atoms with E-state index < -0.39 is 28.7 Å². The molecule has 0 bridgehead atoms. The SMILES string of the molecule is Oc1c(O)c(O)c(-c2c3ccccc3c(-c3c(C4=CCCC=C4)oc4ccc(-c5ccccc5)cc34)c3ccccc23)c(O)c1O. The predicted molar refractivity (Wildman–Crippen MR) is 182 cm³/mol. The monoisotopic (exact) mass is 604 g/mol. The molecule has 6 heteroatoms. The van der Waals surface area contributed by atoms with Crippen molar-refractivity contribution in [1.29, 1.82) is 0 Å². The number of benzene rings is 6. The van der Waals surface area contributed by atoms with Crippen LogP contribution in [0.5, 0.6) is 28.7 Å². The second-order valence-corrected chi connectivity index (χ2v) is 11.5. The second-order valence-electron chi connectivity index (χ2n) is 11.5. The molecule has 0 unspecified atom stereocenters. The van der Waals surface area contributed by atoms with Gasteiger partial charge in [0.15, 0.2) is 11.5 Å². The Morgan fingerprint density at radius 2 is 1.00 bits per heavy atom. The summed E-state index contributed by atoms with van der Waals surface area (Å²) in [7, 11) is 0. The number of hydrogen-bond donors (Lipinski definition) is 5. The molecule has 0 fully saturated rings. The van der Waals surface area contributed by atoms with Crippen molar-refractivity contribution < 1.29 is 29.9 Å². The first kappa shape index (κ1) is 27.4. The molecule has 7 aromatic rings. The van der Waals surface area contributed by atoms with Gasteiger partial charge in [-0.2, -0.15) is 0 Å². The zero-order valence-corrected chi connectivity index (χ0v) is 24.5. The normalized spacial score (nSPS) is 13.1. The molecule has 6 aromatic carbocycles. The van der Waals surface area contributed by atoms with Crippen LogP contribution in [0.4, 0.5) is 0 Å². The van der Waals surface area contributed by atoms with Gasteiger partial charge in [-0.15, -0.1) is 0 Å². The topological polar surface area (TPSA) is 114 Å². The van der Waals surface area contributed by atoms with Crippen molar-refractivity contribution in [2.75, 3.05) is 0 Å². The Hall–Kier alpha value is -6.14. The lowest BCUT2D eigenvalue weighted by atomic mass is 9.83. The first-order valence-electron chi connectivity index (χ1n) is 15.1. The third-order valence-electron chi connectivity index (χ3n) is 8.85. The van der Waals surface area contributed by atoms with Crippen molar-refractivity contribution in [3.05, 3.63) is 121 Å². The van der Waals surface area contributed by atoms with Crippen molar-refractivity contribution >= 4 is 38.1 Å². The number of rotatable bonds is 4. The fourth-order valence-electron chi connectivity index (χ4n) is 6.73. The third kappa shape index (κ3) is 4.04. The second kappa shape index (κ2) is 10.5. The van der Waals surface area contributed by atoms with E-state index >= 15 is 0 Å². The van der Waals surface area contributed by atoms with Crippen LogP contribution in [0.15, 0.2) is 120 Å². The van der Waals surface area contributed by atoms with Gasteiger partial charge in [-0.25, -0.2) is 0 Å². The summed E-state index contributed by atoms with van der Waals surface area (Å²) in [6.07, 6.45) is 8.29. The molecule has 0 saturated carbocycles. The number of hydrogen-bond acceptors (Lipinski definition) is 6. The standard InChI is InChI=1S/C40H28O6/c41-35-34(36(42)38(44)39(45)37(35)43)32-27-17-9-7-15-25(27)31(26-16-8-10-18-28(26)32)33-29-21-24(22-11-3-1-4-12-22)19-20-30(29)46-40(33)23-13-5-2-6-14-23/h1,3-5,7-21,41-45H,2,6H2. The summed E-state index contributed by atoms with van der Waals surface area (Å²) in [5.74, 6) is -3.58. The first-order valence-corrected chi connectivity index (χ1v) is 15.1. The van der Waals surface area contributed by atoms with Gasteiger partial charge in [0.2, 0.25) is 17.2 Å². The summed E-state index contributed by atoms with van der Waals surface area (Å²) in [5.41, 5.74) is 5.88. The van der Waals surface area contributed by atoms with Gasteiger partial charge >= 0.3 is 0 Å². The smallest absolute Gasteiger partial charge is 0.208 e. The highest BCUT2D eigenvalue weighted by molar-refractivity contribution is 6.25. The zero-order valence-electron chi connectivity index (χ0n) is 24.5. The highest BCUT2D eigenvalue weighted by Crippen LogP contribution is 2.58. The van der Waals surface area contributed by atoms with Crippen LogP contribution in [0.1, 0.15) is 18.6 Å². The van der Waals surface area contributed by atoms with E-state index in [1.54, 1.807) is 0 Å². The molecule has 0 amide bonds. The molecule has 8 rings (SSSR count). The van der Waals surface area contributed by atoms with E-state index in [0.29, 0.717) is 16.3 Å². The number of furan rings is 1. The molecule has 1 aromatic heterocycles. The number of fused-ring (bicyclic) bond motifs is 3. The van der Waals surface area contributed by atoms with Gasteiger partial charge in [0.1, 0.15) is 11.3 Å². The molecule has 1 aliphatic rings. The Balaban J connectivity index is 1.55. The Morgan fingerprint density at radius 1 is 0.457 bits per heavy atom. The predicted octanol–water partition coefficient (Wildman–Crippen LogP) is 10.0. The lowest BCUT2D eigenvalue weighted by Crippen LogP contribution is -1.94. The Morgan fingerprint density at radius 3 is 1.57 bits per heavy atom. The average Bonchev–Trinajstić information content (AvgIpc) is 3.49. The summed E-state index contributed by atoms with van der Waals surface area (Å²) in [5, 5.41) is 57.2. The molecule has 224 valence electrons. The van der Waals surface area contributed by atoms with E-state index in [9.17, 15) is 25.5 Å². The van der Waals surface area contributed by atoms with Gasteiger partial charge < -0.3 is 29.9 Å². The number of phenolic OH excluding ortho intramolecular Hbond substituents is 5. The highest BCUT2D eigenvalue weighted by Gasteiger charge is 2.29. The molecule has 5 N–H and O–H groups in total. The fourth-order valence-corrected chi connectivity index (χ4v) is 6.73. The van der Waals surface area contributed by atoms with Crippen LogP contribution in [0.25, 0.3) is 71.5 Å². The van der Waals surface area contributed by atoms with Gasteiger partial charge in [-0.3, -0.25) is 0 Å². The van der Waals surface area contributed by atoms with Gasteiger partial charge in [-0.05, 0) is 57.6 Å². The molecule has 0 spiro atoms. The molecule has 1 heterocycles. The minimum absolute atomic E-state index is 0.187. The van der Waals surface area contributed by atoms with Gasteiger partial charge in [-0.1, -0.05) is 103 Å². The summed E-state index contributed by atoms with van der Waals surface area (Å²) in [4.78, 5) is 0. The number of allylic oxidation sites excluding steroid dienone is 4. The summed E-state index contributed by atoms with van der Waals surface area (Å²) in [6.45, 7) is 0. The van der Waals surface area contributed by atoms with Crippen LogP contribution >= 0.6 is 0 Å². The van der Waals surface area contributed by atoms with Gasteiger partial charge in [0.25, 0.3) is 0 Å². The zero-order chi connectivity index (χ0) is 31.5.